The van der Waals surface area contributed by atoms with E-state index in [4.69, 9.17) is 0 Å². The standard InChI is InChI=1S/C19H22N4O3S3/c1-11-16-12(2)20-13(3)21-18(16)28-17(11)19(24)23-8-6-14(7-9-23)22-29(25,26)15-5-4-10-27-15/h4-5,10,14,22H,6-9H2,1-3H3. The molecular weight excluding hydrogens is 428 g/mol. The Bertz CT molecular complexity index is 1160. The zero-order chi connectivity index (χ0) is 20.8. The molecule has 154 valence electrons. The van der Waals surface area contributed by atoms with Gasteiger partial charge in [0, 0.05) is 30.2 Å². The molecule has 10 heteroatoms. The van der Waals surface area contributed by atoms with E-state index in [9.17, 15) is 13.2 Å². The summed E-state index contributed by atoms with van der Waals surface area (Å²) in [4.78, 5) is 25.4. The molecule has 0 unspecified atom stereocenters. The molecule has 29 heavy (non-hydrogen) atoms. The van der Waals surface area contributed by atoms with Gasteiger partial charge in [-0.15, -0.1) is 22.7 Å². The van der Waals surface area contributed by atoms with Crippen LogP contribution in [0.15, 0.2) is 21.7 Å². The fourth-order valence-electron chi connectivity index (χ4n) is 3.72. The molecule has 0 saturated carbocycles. The van der Waals surface area contributed by atoms with Crippen LogP contribution >= 0.6 is 22.7 Å². The first-order valence-electron chi connectivity index (χ1n) is 9.35. The fraction of sp³-hybridized carbons (Fsp3) is 0.421. The molecule has 1 aliphatic heterocycles. The second kappa shape index (κ2) is 7.75. The molecule has 1 fully saturated rings. The van der Waals surface area contributed by atoms with Gasteiger partial charge >= 0.3 is 0 Å². The Labute approximate surface area is 177 Å². The van der Waals surface area contributed by atoms with Gasteiger partial charge in [-0.1, -0.05) is 6.07 Å². The molecule has 7 nitrogen and oxygen atoms in total. The number of hydrogen-bond donors (Lipinski definition) is 1. The van der Waals surface area contributed by atoms with Crippen molar-refractivity contribution in [3.05, 3.63) is 39.5 Å². The number of sulfonamides is 1. The Hall–Kier alpha value is -1.88. The van der Waals surface area contributed by atoms with Crippen molar-refractivity contribution in [1.82, 2.24) is 19.6 Å². The zero-order valence-corrected chi connectivity index (χ0v) is 18.9. The lowest BCUT2D eigenvalue weighted by atomic mass is 10.1. The van der Waals surface area contributed by atoms with E-state index in [2.05, 4.69) is 14.7 Å². The number of amides is 1. The maximum Gasteiger partial charge on any atom is 0.264 e. The summed E-state index contributed by atoms with van der Waals surface area (Å²) >= 11 is 2.61. The van der Waals surface area contributed by atoms with Gasteiger partial charge in [-0.2, -0.15) is 0 Å². The van der Waals surface area contributed by atoms with Crippen molar-refractivity contribution in [3.8, 4) is 0 Å². The van der Waals surface area contributed by atoms with Gasteiger partial charge in [-0.3, -0.25) is 4.79 Å². The van der Waals surface area contributed by atoms with Crippen LogP contribution in [0.4, 0.5) is 0 Å². The minimum absolute atomic E-state index is 0.0119. The summed E-state index contributed by atoms with van der Waals surface area (Å²) in [6, 6.07) is 3.16. The van der Waals surface area contributed by atoms with Crippen molar-refractivity contribution in [2.24, 2.45) is 0 Å². The van der Waals surface area contributed by atoms with E-state index in [1.54, 1.807) is 17.5 Å². The molecule has 1 saturated heterocycles. The number of piperidine rings is 1. The number of rotatable bonds is 4. The monoisotopic (exact) mass is 450 g/mol. The molecule has 3 aromatic heterocycles. The highest BCUT2D eigenvalue weighted by molar-refractivity contribution is 7.91. The van der Waals surface area contributed by atoms with E-state index in [0.717, 1.165) is 21.5 Å². The molecular formula is C19H22N4O3S3. The van der Waals surface area contributed by atoms with Crippen molar-refractivity contribution in [2.75, 3.05) is 13.1 Å². The van der Waals surface area contributed by atoms with Crippen LogP contribution < -0.4 is 4.72 Å². The minimum atomic E-state index is -3.49. The summed E-state index contributed by atoms with van der Waals surface area (Å²) in [6.07, 6.45) is 1.19. The van der Waals surface area contributed by atoms with Gasteiger partial charge in [0.05, 0.1) is 4.88 Å². The maximum atomic E-state index is 13.1. The summed E-state index contributed by atoms with van der Waals surface area (Å²) < 4.78 is 27.9. The van der Waals surface area contributed by atoms with Crippen LogP contribution in [0.5, 0.6) is 0 Å². The Morgan fingerprint density at radius 3 is 2.59 bits per heavy atom. The van der Waals surface area contributed by atoms with Crippen LogP contribution in [0.1, 0.15) is 39.6 Å². The Kier molecular flexibility index (Phi) is 5.45. The molecule has 1 N–H and O–H groups in total. The molecule has 0 atom stereocenters. The molecule has 0 bridgehead atoms. The highest BCUT2D eigenvalue weighted by atomic mass is 32.2. The van der Waals surface area contributed by atoms with Gasteiger partial charge in [-0.05, 0) is 50.6 Å². The van der Waals surface area contributed by atoms with Crippen LogP contribution in [-0.2, 0) is 10.0 Å². The minimum Gasteiger partial charge on any atom is -0.338 e. The van der Waals surface area contributed by atoms with Crippen LogP contribution in [0.3, 0.4) is 0 Å². The van der Waals surface area contributed by atoms with Crippen LogP contribution in [0.2, 0.25) is 0 Å². The van der Waals surface area contributed by atoms with E-state index >= 15 is 0 Å². The largest absolute Gasteiger partial charge is 0.338 e. The summed E-state index contributed by atoms with van der Waals surface area (Å²) in [5, 5.41) is 2.71. The first-order valence-corrected chi connectivity index (χ1v) is 12.5. The predicted octanol–water partition coefficient (Wildman–Crippen LogP) is 3.26. The zero-order valence-electron chi connectivity index (χ0n) is 16.4. The number of thiophene rings is 2. The average molecular weight is 451 g/mol. The van der Waals surface area contributed by atoms with Crippen LogP contribution in [0.25, 0.3) is 10.2 Å². The van der Waals surface area contributed by atoms with Crippen LogP contribution in [-0.4, -0.2) is 48.3 Å². The second-order valence-corrected chi connectivity index (χ2v) is 11.1. The third kappa shape index (κ3) is 3.94. The second-order valence-electron chi connectivity index (χ2n) is 7.21. The molecule has 4 heterocycles. The van der Waals surface area contributed by atoms with E-state index < -0.39 is 10.0 Å². The topological polar surface area (TPSA) is 92.3 Å². The fourth-order valence-corrected chi connectivity index (χ4v) is 7.28. The number of fused-ring (bicyclic) bond motifs is 1. The van der Waals surface area contributed by atoms with Crippen molar-refractivity contribution < 1.29 is 13.2 Å². The molecule has 0 radical (unpaired) electrons. The van der Waals surface area contributed by atoms with Gasteiger partial charge in [-0.25, -0.2) is 23.1 Å². The Morgan fingerprint density at radius 1 is 1.21 bits per heavy atom. The number of carbonyl (C=O) groups excluding carboxylic acids is 1. The maximum absolute atomic E-state index is 13.1. The SMILES string of the molecule is Cc1nc(C)c2c(C)c(C(=O)N3CCC(NS(=O)(=O)c4cccs4)CC3)sc2n1. The summed E-state index contributed by atoms with van der Waals surface area (Å²) in [5.74, 6) is 0.691. The third-order valence-electron chi connectivity index (χ3n) is 5.14. The van der Waals surface area contributed by atoms with E-state index in [1.807, 2.05) is 25.7 Å². The number of hydrogen-bond acceptors (Lipinski definition) is 7. The molecule has 1 aliphatic rings. The molecule has 4 rings (SSSR count). The van der Waals surface area contributed by atoms with Crippen molar-refractivity contribution in [3.63, 3.8) is 0 Å². The van der Waals surface area contributed by atoms with Gasteiger partial charge in [0.1, 0.15) is 14.9 Å². The summed E-state index contributed by atoms with van der Waals surface area (Å²) in [7, 11) is -3.49. The number of carbonyl (C=O) groups is 1. The smallest absolute Gasteiger partial charge is 0.264 e. The number of likely N-dealkylation sites (tertiary alicyclic amines) is 1. The van der Waals surface area contributed by atoms with Crippen molar-refractivity contribution in [2.45, 2.75) is 43.9 Å². The van der Waals surface area contributed by atoms with Gasteiger partial charge in [0.2, 0.25) is 10.0 Å². The number of aryl methyl sites for hydroxylation is 3. The number of nitrogens with one attached hydrogen (secondary N) is 1. The lowest BCUT2D eigenvalue weighted by molar-refractivity contribution is 0.0715. The predicted molar refractivity (Wildman–Crippen MR) is 115 cm³/mol. The van der Waals surface area contributed by atoms with E-state index in [-0.39, 0.29) is 11.9 Å². The van der Waals surface area contributed by atoms with E-state index in [0.29, 0.717) is 40.8 Å². The quantitative estimate of drug-likeness (QED) is 0.659. The Balaban J connectivity index is 1.46. The number of aromatic nitrogens is 2. The molecule has 0 aromatic carbocycles. The average Bonchev–Trinajstić information content (AvgIpc) is 3.30. The van der Waals surface area contributed by atoms with Gasteiger partial charge in [0.15, 0.2) is 0 Å². The lowest BCUT2D eigenvalue weighted by Gasteiger charge is -2.32. The van der Waals surface area contributed by atoms with Crippen molar-refractivity contribution in [1.29, 1.82) is 0 Å². The van der Waals surface area contributed by atoms with Gasteiger partial charge < -0.3 is 4.90 Å². The molecule has 3 aromatic rings. The molecule has 1 amide bonds. The molecule has 0 spiro atoms. The first kappa shape index (κ1) is 20.4. The normalized spacial score (nSPS) is 15.9. The highest BCUT2D eigenvalue weighted by Gasteiger charge is 2.29. The van der Waals surface area contributed by atoms with Crippen molar-refractivity contribution >= 4 is 48.8 Å². The van der Waals surface area contributed by atoms with Crippen LogP contribution in [0, 0.1) is 20.8 Å². The molecule has 0 aliphatic carbocycles. The lowest BCUT2D eigenvalue weighted by Crippen LogP contribution is -2.46. The summed E-state index contributed by atoms with van der Waals surface area (Å²) in [6.45, 7) is 6.78. The Morgan fingerprint density at radius 2 is 1.93 bits per heavy atom. The van der Waals surface area contributed by atoms with Gasteiger partial charge in [0.25, 0.3) is 5.91 Å². The first-order chi connectivity index (χ1) is 13.8. The third-order valence-corrected chi connectivity index (χ3v) is 9.23. The highest BCUT2D eigenvalue weighted by Crippen LogP contribution is 2.32. The summed E-state index contributed by atoms with van der Waals surface area (Å²) in [5.41, 5.74) is 1.81. The number of nitrogens with zero attached hydrogens (tertiary/aromatic N) is 3. The van der Waals surface area contributed by atoms with E-state index in [1.165, 1.54) is 22.7 Å².